The van der Waals surface area contributed by atoms with Gasteiger partial charge in [0.1, 0.15) is 11.4 Å². The van der Waals surface area contributed by atoms with Crippen molar-refractivity contribution in [3.8, 4) is 5.75 Å². The fourth-order valence-electron chi connectivity index (χ4n) is 3.35. The summed E-state index contributed by atoms with van der Waals surface area (Å²) >= 11 is 0. The Kier molecular flexibility index (Phi) is 3.55. The average molecular weight is 306 g/mol. The van der Waals surface area contributed by atoms with E-state index in [0.29, 0.717) is 12.3 Å². The first-order valence-corrected chi connectivity index (χ1v) is 7.77. The van der Waals surface area contributed by atoms with Crippen LogP contribution in [0.3, 0.4) is 0 Å². The molecule has 1 aromatic heterocycles. The number of aromatic amines is 1. The molecule has 1 unspecified atom stereocenters. The summed E-state index contributed by atoms with van der Waals surface area (Å²) in [5.41, 5.74) is 4.33. The Balaban J connectivity index is 1.73. The van der Waals surface area contributed by atoms with Gasteiger partial charge in [0, 0.05) is 18.7 Å². The third-order valence-electron chi connectivity index (χ3n) is 4.47. The van der Waals surface area contributed by atoms with Crippen molar-refractivity contribution >= 4 is 0 Å². The van der Waals surface area contributed by atoms with Gasteiger partial charge in [-0.1, -0.05) is 42.5 Å². The molecule has 0 bridgehead atoms. The Labute approximate surface area is 134 Å². The fourth-order valence-corrected chi connectivity index (χ4v) is 3.35. The molecule has 0 amide bonds. The van der Waals surface area contributed by atoms with Crippen LogP contribution in [-0.2, 0) is 13.0 Å². The van der Waals surface area contributed by atoms with Gasteiger partial charge < -0.3 is 5.11 Å². The molecule has 0 radical (unpaired) electrons. The zero-order chi connectivity index (χ0) is 15.6. The summed E-state index contributed by atoms with van der Waals surface area (Å²) in [5.74, 6) is 0.374. The quantitative estimate of drug-likeness (QED) is 0.781. The fraction of sp³-hybridized carbons (Fsp3) is 0.222. The number of nitrogens with zero attached hydrogens (tertiary/aromatic N) is 3. The van der Waals surface area contributed by atoms with E-state index in [4.69, 9.17) is 0 Å². The maximum atomic E-state index is 10.2. The third kappa shape index (κ3) is 2.59. The van der Waals surface area contributed by atoms with Gasteiger partial charge in [-0.15, -0.1) is 0 Å². The van der Waals surface area contributed by atoms with Crippen LogP contribution in [0.5, 0.6) is 5.75 Å². The van der Waals surface area contributed by atoms with E-state index < -0.39 is 0 Å². The zero-order valence-electron chi connectivity index (χ0n) is 12.7. The largest absolute Gasteiger partial charge is 0.508 e. The topological polar surface area (TPSA) is 65.0 Å². The lowest BCUT2D eigenvalue weighted by Gasteiger charge is -2.35. The number of rotatable bonds is 3. The van der Waals surface area contributed by atoms with Crippen molar-refractivity contribution in [1.29, 1.82) is 0 Å². The van der Waals surface area contributed by atoms with Crippen LogP contribution in [0, 0.1) is 0 Å². The summed E-state index contributed by atoms with van der Waals surface area (Å²) in [4.78, 5) is 2.34. The van der Waals surface area contributed by atoms with Crippen LogP contribution in [-0.4, -0.2) is 32.0 Å². The number of benzene rings is 2. The molecule has 5 nitrogen and oxygen atoms in total. The molecule has 2 heterocycles. The van der Waals surface area contributed by atoms with E-state index in [2.05, 4.69) is 38.5 Å². The number of phenols is 1. The molecule has 116 valence electrons. The number of fused-ring (bicyclic) bond motifs is 1. The summed E-state index contributed by atoms with van der Waals surface area (Å²) in [6.45, 7) is 1.62. The van der Waals surface area contributed by atoms with Crippen molar-refractivity contribution < 1.29 is 5.11 Å². The molecule has 23 heavy (non-hydrogen) atoms. The minimum absolute atomic E-state index is 0.0303. The second-order valence-corrected chi connectivity index (χ2v) is 5.84. The molecule has 5 heteroatoms. The van der Waals surface area contributed by atoms with Gasteiger partial charge in [0.2, 0.25) is 0 Å². The van der Waals surface area contributed by atoms with Crippen molar-refractivity contribution in [3.05, 3.63) is 77.1 Å². The minimum Gasteiger partial charge on any atom is -0.508 e. The Hall–Kier alpha value is -2.66. The van der Waals surface area contributed by atoms with Crippen molar-refractivity contribution in [2.75, 3.05) is 6.54 Å². The summed E-state index contributed by atoms with van der Waals surface area (Å²) in [7, 11) is 0. The predicted octanol–water partition coefficient (Wildman–Crippen LogP) is 2.66. The first-order valence-electron chi connectivity index (χ1n) is 7.77. The van der Waals surface area contributed by atoms with Crippen molar-refractivity contribution in [2.24, 2.45) is 0 Å². The van der Waals surface area contributed by atoms with E-state index in [0.717, 1.165) is 24.2 Å². The van der Waals surface area contributed by atoms with E-state index in [9.17, 15) is 5.11 Å². The van der Waals surface area contributed by atoms with E-state index in [1.165, 1.54) is 11.1 Å². The number of aromatic nitrogens is 3. The first kappa shape index (κ1) is 14.0. The highest BCUT2D eigenvalue weighted by Crippen LogP contribution is 2.34. The van der Waals surface area contributed by atoms with Crippen molar-refractivity contribution in [3.63, 3.8) is 0 Å². The molecule has 0 saturated heterocycles. The van der Waals surface area contributed by atoms with E-state index >= 15 is 0 Å². The van der Waals surface area contributed by atoms with Crippen LogP contribution in [0.15, 0.2) is 54.7 Å². The van der Waals surface area contributed by atoms with Crippen molar-refractivity contribution in [1.82, 2.24) is 20.3 Å². The molecule has 1 atom stereocenters. The number of phenolic OH excluding ortho intramolecular Hbond substituents is 1. The maximum Gasteiger partial charge on any atom is 0.120 e. The van der Waals surface area contributed by atoms with Gasteiger partial charge in [-0.2, -0.15) is 15.4 Å². The molecule has 0 aliphatic carbocycles. The van der Waals surface area contributed by atoms with E-state index in [1.807, 2.05) is 24.3 Å². The zero-order valence-corrected chi connectivity index (χ0v) is 12.7. The maximum absolute atomic E-state index is 10.2. The molecular formula is C18H18N4O. The highest BCUT2D eigenvalue weighted by atomic mass is 16.3. The molecule has 1 aliphatic heterocycles. The van der Waals surface area contributed by atoms with Crippen LogP contribution in [0.2, 0.25) is 0 Å². The molecule has 3 aromatic rings. The summed E-state index contributed by atoms with van der Waals surface area (Å²) < 4.78 is 0. The number of aromatic hydroxyl groups is 1. The third-order valence-corrected chi connectivity index (χ3v) is 4.47. The number of hydrogen-bond acceptors (Lipinski definition) is 4. The lowest BCUT2D eigenvalue weighted by Crippen LogP contribution is -2.35. The van der Waals surface area contributed by atoms with Crippen molar-refractivity contribution in [2.45, 2.75) is 19.0 Å². The Bertz CT molecular complexity index is 786. The van der Waals surface area contributed by atoms with Gasteiger partial charge in [-0.25, -0.2) is 0 Å². The summed E-state index contributed by atoms with van der Waals surface area (Å²) in [5, 5.41) is 21.2. The molecule has 2 N–H and O–H groups in total. The molecule has 0 saturated carbocycles. The molecule has 1 aliphatic rings. The molecule has 0 spiro atoms. The molecule has 0 fully saturated rings. The highest BCUT2D eigenvalue weighted by molar-refractivity contribution is 5.41. The lowest BCUT2D eigenvalue weighted by atomic mass is 9.94. The van der Waals surface area contributed by atoms with Crippen LogP contribution >= 0.6 is 0 Å². The average Bonchev–Trinajstić information content (AvgIpc) is 3.11. The van der Waals surface area contributed by atoms with E-state index in [-0.39, 0.29) is 6.04 Å². The standard InChI is InChI=1S/C18H18N4O/c23-17-8-4-7-13-9-10-22(12-15(13)17)18(16-11-19-21-20-16)14-5-2-1-3-6-14/h1-8,11,18,23H,9-10,12H2,(H,19,20,21). The first-order chi connectivity index (χ1) is 11.3. The highest BCUT2D eigenvalue weighted by Gasteiger charge is 2.28. The van der Waals surface area contributed by atoms with Gasteiger partial charge in [0.25, 0.3) is 0 Å². The lowest BCUT2D eigenvalue weighted by molar-refractivity contribution is 0.200. The van der Waals surface area contributed by atoms with Crippen LogP contribution in [0.4, 0.5) is 0 Å². The smallest absolute Gasteiger partial charge is 0.120 e. The Morgan fingerprint density at radius 3 is 2.74 bits per heavy atom. The van der Waals surface area contributed by atoms with Gasteiger partial charge in [0.15, 0.2) is 0 Å². The Morgan fingerprint density at radius 1 is 1.09 bits per heavy atom. The normalized spacial score (nSPS) is 16.0. The van der Waals surface area contributed by atoms with Gasteiger partial charge in [-0.05, 0) is 23.6 Å². The van der Waals surface area contributed by atoms with Crippen LogP contribution in [0.25, 0.3) is 0 Å². The van der Waals surface area contributed by atoms with E-state index in [1.54, 1.807) is 12.3 Å². The van der Waals surface area contributed by atoms with Gasteiger partial charge in [0.05, 0.1) is 12.2 Å². The molecule has 2 aromatic carbocycles. The molecule has 4 rings (SSSR count). The minimum atomic E-state index is 0.0303. The Morgan fingerprint density at radius 2 is 1.96 bits per heavy atom. The summed E-state index contributed by atoms with van der Waals surface area (Å²) in [6, 6.07) is 16.1. The van der Waals surface area contributed by atoms with Crippen LogP contribution in [0.1, 0.15) is 28.4 Å². The second-order valence-electron chi connectivity index (χ2n) is 5.84. The SMILES string of the molecule is Oc1cccc2c1CN(C(c1ccccc1)c1cn[nH]n1)CC2. The summed E-state index contributed by atoms with van der Waals surface area (Å²) in [6.07, 6.45) is 2.70. The predicted molar refractivity (Wildman–Crippen MR) is 86.9 cm³/mol. The number of H-pyrrole nitrogens is 1. The van der Waals surface area contributed by atoms with Gasteiger partial charge >= 0.3 is 0 Å². The van der Waals surface area contributed by atoms with Crippen LogP contribution < -0.4 is 0 Å². The monoisotopic (exact) mass is 306 g/mol. The number of hydrogen-bond donors (Lipinski definition) is 2. The molecular weight excluding hydrogens is 288 g/mol. The number of nitrogens with one attached hydrogen (secondary N) is 1. The van der Waals surface area contributed by atoms with Gasteiger partial charge in [-0.3, -0.25) is 4.90 Å². The second kappa shape index (κ2) is 5.85.